The average molecular weight is 436 g/mol. The summed E-state index contributed by atoms with van der Waals surface area (Å²) in [5.74, 6) is -0.445. The van der Waals surface area contributed by atoms with Crippen LogP contribution in [0.4, 0.5) is 10.1 Å². The molecule has 1 atom stereocenters. The number of amides is 2. The highest BCUT2D eigenvalue weighted by Crippen LogP contribution is 2.32. The highest BCUT2D eigenvalue weighted by molar-refractivity contribution is 6.04. The Hall–Kier alpha value is -3.68. The summed E-state index contributed by atoms with van der Waals surface area (Å²) in [5, 5.41) is 6.80. The number of anilines is 1. The third-order valence-electron chi connectivity index (χ3n) is 5.61. The van der Waals surface area contributed by atoms with Gasteiger partial charge in [-0.1, -0.05) is 24.3 Å². The first-order chi connectivity index (χ1) is 15.5. The maximum atomic E-state index is 13.8. The number of methoxy groups -OCH3 is 1. The van der Waals surface area contributed by atoms with Crippen molar-refractivity contribution in [1.29, 1.82) is 0 Å². The highest BCUT2D eigenvalue weighted by atomic mass is 19.1. The first-order valence-electron chi connectivity index (χ1n) is 10.6. The number of piperidine rings is 1. The number of carbonyl (C=O) groups is 2. The largest absolute Gasteiger partial charge is 0.497 e. The zero-order valence-corrected chi connectivity index (χ0v) is 17.8. The number of nitrogens with zero attached hydrogens (tertiary/aromatic N) is 3. The predicted molar refractivity (Wildman–Crippen MR) is 118 cm³/mol. The van der Waals surface area contributed by atoms with E-state index in [2.05, 4.69) is 10.4 Å². The summed E-state index contributed by atoms with van der Waals surface area (Å²) in [6.45, 7) is 0.731. The van der Waals surface area contributed by atoms with Crippen molar-refractivity contribution in [2.75, 3.05) is 19.0 Å². The Morgan fingerprint density at radius 1 is 1.19 bits per heavy atom. The molecule has 2 heterocycles. The van der Waals surface area contributed by atoms with Gasteiger partial charge in [0.15, 0.2) is 0 Å². The Labute approximate surface area is 185 Å². The standard InChI is InChI=1S/C24H25FN4O3/c1-32-19-8-6-7-17(13-19)22-11-4-5-12-29(22)23(30)16-28-15-18(14-26-28)27-24(31)20-9-2-3-10-21(20)25/h2-3,6-10,13-15,22H,4-5,11-12,16H2,1H3,(H,27,31). The number of hydrogen-bond acceptors (Lipinski definition) is 4. The zero-order valence-electron chi connectivity index (χ0n) is 17.8. The summed E-state index contributed by atoms with van der Waals surface area (Å²) in [6, 6.07) is 13.6. The molecular formula is C24H25FN4O3. The number of carbonyl (C=O) groups excluding carboxylic acids is 2. The molecule has 4 rings (SSSR count). The van der Waals surface area contributed by atoms with Crippen LogP contribution in [0, 0.1) is 5.82 Å². The third-order valence-corrected chi connectivity index (χ3v) is 5.61. The maximum Gasteiger partial charge on any atom is 0.258 e. The van der Waals surface area contributed by atoms with Gasteiger partial charge in [0.2, 0.25) is 5.91 Å². The fraction of sp³-hybridized carbons (Fsp3) is 0.292. The molecule has 0 aliphatic carbocycles. The number of likely N-dealkylation sites (tertiary alicyclic amines) is 1. The second-order valence-electron chi connectivity index (χ2n) is 7.74. The summed E-state index contributed by atoms with van der Waals surface area (Å²) in [4.78, 5) is 27.3. The lowest BCUT2D eigenvalue weighted by molar-refractivity contribution is -0.135. The van der Waals surface area contributed by atoms with Crippen molar-refractivity contribution in [1.82, 2.24) is 14.7 Å². The van der Waals surface area contributed by atoms with Crippen LogP contribution >= 0.6 is 0 Å². The van der Waals surface area contributed by atoms with Gasteiger partial charge in [-0.15, -0.1) is 0 Å². The van der Waals surface area contributed by atoms with E-state index in [-0.39, 0.29) is 24.1 Å². The third kappa shape index (κ3) is 4.80. The number of benzene rings is 2. The molecule has 0 saturated carbocycles. The molecule has 0 spiro atoms. The number of rotatable bonds is 6. The molecule has 1 unspecified atom stereocenters. The lowest BCUT2D eigenvalue weighted by atomic mass is 9.95. The van der Waals surface area contributed by atoms with Crippen molar-refractivity contribution in [3.8, 4) is 5.75 Å². The molecule has 2 amide bonds. The number of hydrogen-bond donors (Lipinski definition) is 1. The molecule has 1 N–H and O–H groups in total. The van der Waals surface area contributed by atoms with Gasteiger partial charge in [-0.05, 0) is 49.1 Å². The van der Waals surface area contributed by atoms with Gasteiger partial charge in [0.1, 0.15) is 18.1 Å². The molecular weight excluding hydrogens is 411 g/mol. The van der Waals surface area contributed by atoms with E-state index in [1.54, 1.807) is 19.4 Å². The van der Waals surface area contributed by atoms with Crippen LogP contribution in [0.2, 0.25) is 0 Å². The summed E-state index contributed by atoms with van der Waals surface area (Å²) < 4.78 is 20.6. The number of ether oxygens (including phenoxy) is 1. The number of aromatic nitrogens is 2. The van der Waals surface area contributed by atoms with E-state index in [9.17, 15) is 14.0 Å². The lowest BCUT2D eigenvalue weighted by Crippen LogP contribution is -2.40. The molecule has 166 valence electrons. The van der Waals surface area contributed by atoms with Gasteiger partial charge in [-0.2, -0.15) is 5.10 Å². The molecule has 1 aliphatic rings. The molecule has 0 radical (unpaired) electrons. The van der Waals surface area contributed by atoms with Crippen molar-refractivity contribution in [3.63, 3.8) is 0 Å². The molecule has 7 nitrogen and oxygen atoms in total. The Morgan fingerprint density at radius 2 is 2.03 bits per heavy atom. The minimum atomic E-state index is -0.596. The topological polar surface area (TPSA) is 76.5 Å². The van der Waals surface area contributed by atoms with Crippen molar-refractivity contribution in [2.24, 2.45) is 0 Å². The number of halogens is 1. The Kier molecular flexibility index (Phi) is 6.49. The van der Waals surface area contributed by atoms with E-state index in [1.807, 2.05) is 29.2 Å². The van der Waals surface area contributed by atoms with Gasteiger partial charge >= 0.3 is 0 Å². The molecule has 3 aromatic rings. The van der Waals surface area contributed by atoms with Gasteiger partial charge in [-0.3, -0.25) is 14.3 Å². The van der Waals surface area contributed by atoms with Crippen molar-refractivity contribution >= 4 is 17.5 Å². The van der Waals surface area contributed by atoms with E-state index in [1.165, 1.54) is 29.1 Å². The second kappa shape index (κ2) is 9.64. The molecule has 32 heavy (non-hydrogen) atoms. The normalized spacial score (nSPS) is 15.9. The lowest BCUT2D eigenvalue weighted by Gasteiger charge is -2.36. The van der Waals surface area contributed by atoms with Gasteiger partial charge in [0.05, 0.1) is 30.6 Å². The van der Waals surface area contributed by atoms with Crippen LogP contribution < -0.4 is 10.1 Å². The quantitative estimate of drug-likeness (QED) is 0.633. The van der Waals surface area contributed by atoms with Crippen LogP contribution in [0.25, 0.3) is 0 Å². The fourth-order valence-electron chi connectivity index (χ4n) is 4.01. The minimum absolute atomic E-state index is 0.0119. The van der Waals surface area contributed by atoms with Crippen LogP contribution in [-0.2, 0) is 11.3 Å². The van der Waals surface area contributed by atoms with Crippen molar-refractivity contribution in [2.45, 2.75) is 31.8 Å². The summed E-state index contributed by atoms with van der Waals surface area (Å²) in [5.41, 5.74) is 1.40. The second-order valence-corrected chi connectivity index (χ2v) is 7.74. The van der Waals surface area contributed by atoms with Crippen LogP contribution in [0.15, 0.2) is 60.9 Å². The Bertz CT molecular complexity index is 1110. The van der Waals surface area contributed by atoms with Gasteiger partial charge in [0.25, 0.3) is 5.91 Å². The molecule has 1 fully saturated rings. The van der Waals surface area contributed by atoms with Crippen molar-refractivity contribution in [3.05, 3.63) is 77.9 Å². The fourth-order valence-corrected chi connectivity index (χ4v) is 4.01. The van der Waals surface area contributed by atoms with Gasteiger partial charge < -0.3 is 15.0 Å². The van der Waals surface area contributed by atoms with E-state index < -0.39 is 11.7 Å². The smallest absolute Gasteiger partial charge is 0.258 e. The summed E-state index contributed by atoms with van der Waals surface area (Å²) in [6.07, 6.45) is 5.92. The van der Waals surface area contributed by atoms with Gasteiger partial charge in [0, 0.05) is 12.7 Å². The number of nitrogens with one attached hydrogen (secondary N) is 1. The summed E-state index contributed by atoms with van der Waals surface area (Å²) in [7, 11) is 1.63. The maximum absolute atomic E-state index is 13.8. The summed E-state index contributed by atoms with van der Waals surface area (Å²) >= 11 is 0. The molecule has 1 aromatic heterocycles. The molecule has 2 aromatic carbocycles. The zero-order chi connectivity index (χ0) is 22.5. The molecule has 8 heteroatoms. The van der Waals surface area contributed by atoms with E-state index in [0.717, 1.165) is 30.6 Å². The van der Waals surface area contributed by atoms with Gasteiger partial charge in [-0.25, -0.2) is 4.39 Å². The van der Waals surface area contributed by atoms with E-state index in [4.69, 9.17) is 4.74 Å². The van der Waals surface area contributed by atoms with Crippen LogP contribution in [0.5, 0.6) is 5.75 Å². The SMILES string of the molecule is COc1cccc(C2CCCCN2C(=O)Cn2cc(NC(=O)c3ccccc3F)cn2)c1. The molecule has 1 saturated heterocycles. The van der Waals surface area contributed by atoms with Crippen molar-refractivity contribution < 1.29 is 18.7 Å². The first kappa shape index (κ1) is 21.5. The average Bonchev–Trinajstić information content (AvgIpc) is 3.25. The van der Waals surface area contributed by atoms with Crippen LogP contribution in [0.3, 0.4) is 0 Å². The first-order valence-corrected chi connectivity index (χ1v) is 10.6. The van der Waals surface area contributed by atoms with Crippen LogP contribution in [-0.4, -0.2) is 40.1 Å². The molecule has 1 aliphatic heterocycles. The highest BCUT2D eigenvalue weighted by Gasteiger charge is 2.28. The predicted octanol–water partition coefficient (Wildman–Crippen LogP) is 4.04. The van der Waals surface area contributed by atoms with E-state index in [0.29, 0.717) is 12.2 Å². The minimum Gasteiger partial charge on any atom is -0.497 e. The van der Waals surface area contributed by atoms with Crippen LogP contribution in [0.1, 0.15) is 41.2 Å². The molecule has 0 bridgehead atoms. The Morgan fingerprint density at radius 3 is 2.84 bits per heavy atom. The monoisotopic (exact) mass is 436 g/mol. The van der Waals surface area contributed by atoms with E-state index >= 15 is 0 Å². The Balaban J connectivity index is 1.43.